The molecular weight excluding hydrogens is 310 g/mol. The molecule has 0 N–H and O–H groups in total. The van der Waals surface area contributed by atoms with Gasteiger partial charge in [0.25, 0.3) is 0 Å². The van der Waals surface area contributed by atoms with Crippen LogP contribution in [-0.2, 0) is 9.53 Å². The standard InChI is InChI=1S/C22H27NO2/c1-15(2)19-9-6-16(3)13-21(19)25-22(24)11-8-17-7-10-20-18(14-17)5-4-12-23-20/h4-5,7-8,10-12,14-16,19,21H,6,9,13H2,1-3H3/b11-8+. The molecule has 0 bridgehead atoms. The molecular formula is C22H27NO2. The molecule has 3 heteroatoms. The Labute approximate surface area is 150 Å². The fourth-order valence-electron chi connectivity index (χ4n) is 3.80. The Kier molecular flexibility index (Phi) is 5.52. The van der Waals surface area contributed by atoms with Crippen molar-refractivity contribution in [2.45, 2.75) is 46.1 Å². The van der Waals surface area contributed by atoms with Crippen molar-refractivity contribution in [2.75, 3.05) is 0 Å². The number of nitrogens with zero attached hydrogens (tertiary/aromatic N) is 1. The largest absolute Gasteiger partial charge is 0.459 e. The van der Waals surface area contributed by atoms with Gasteiger partial charge in [-0.1, -0.05) is 39.3 Å². The average Bonchev–Trinajstić information content (AvgIpc) is 2.59. The van der Waals surface area contributed by atoms with E-state index in [0.717, 1.165) is 29.3 Å². The summed E-state index contributed by atoms with van der Waals surface area (Å²) >= 11 is 0. The fourth-order valence-corrected chi connectivity index (χ4v) is 3.80. The highest BCUT2D eigenvalue weighted by molar-refractivity contribution is 5.88. The van der Waals surface area contributed by atoms with Gasteiger partial charge in [0.2, 0.25) is 0 Å². The first-order chi connectivity index (χ1) is 12.0. The van der Waals surface area contributed by atoms with E-state index in [2.05, 4.69) is 25.8 Å². The second-order valence-electron chi connectivity index (χ2n) is 7.59. The van der Waals surface area contributed by atoms with Crippen molar-refractivity contribution in [3.63, 3.8) is 0 Å². The summed E-state index contributed by atoms with van der Waals surface area (Å²) in [5, 5.41) is 1.07. The van der Waals surface area contributed by atoms with Gasteiger partial charge in [-0.3, -0.25) is 4.98 Å². The quantitative estimate of drug-likeness (QED) is 0.565. The normalized spacial score (nSPS) is 24.1. The lowest BCUT2D eigenvalue weighted by Crippen LogP contribution is -2.35. The number of esters is 1. The van der Waals surface area contributed by atoms with Crippen LogP contribution in [0.25, 0.3) is 17.0 Å². The molecule has 132 valence electrons. The molecule has 0 radical (unpaired) electrons. The highest BCUT2D eigenvalue weighted by Crippen LogP contribution is 2.35. The van der Waals surface area contributed by atoms with Gasteiger partial charge < -0.3 is 4.74 Å². The molecule has 3 nitrogen and oxygen atoms in total. The minimum absolute atomic E-state index is 0.0432. The Hall–Kier alpha value is -2.16. The third-order valence-electron chi connectivity index (χ3n) is 5.27. The number of carbonyl (C=O) groups is 1. The van der Waals surface area contributed by atoms with Crippen LogP contribution in [0, 0.1) is 17.8 Å². The van der Waals surface area contributed by atoms with Gasteiger partial charge in [-0.2, -0.15) is 0 Å². The van der Waals surface area contributed by atoms with Gasteiger partial charge in [0, 0.05) is 17.7 Å². The molecule has 3 unspecified atom stereocenters. The van der Waals surface area contributed by atoms with Gasteiger partial charge in [-0.05, 0) is 60.4 Å². The van der Waals surface area contributed by atoms with E-state index in [-0.39, 0.29) is 12.1 Å². The Morgan fingerprint density at radius 2 is 2.12 bits per heavy atom. The van der Waals surface area contributed by atoms with Crippen molar-refractivity contribution >= 4 is 22.9 Å². The Balaban J connectivity index is 1.66. The second-order valence-corrected chi connectivity index (χ2v) is 7.59. The number of hydrogen-bond donors (Lipinski definition) is 0. The number of benzene rings is 1. The Bertz CT molecular complexity index is 765. The molecule has 1 fully saturated rings. The zero-order chi connectivity index (χ0) is 17.8. The highest BCUT2D eigenvalue weighted by atomic mass is 16.5. The van der Waals surface area contributed by atoms with Crippen molar-refractivity contribution in [1.29, 1.82) is 0 Å². The molecule has 2 aromatic rings. The molecule has 1 aliphatic carbocycles. The van der Waals surface area contributed by atoms with Crippen molar-refractivity contribution in [1.82, 2.24) is 4.98 Å². The number of carbonyl (C=O) groups excluding carboxylic acids is 1. The van der Waals surface area contributed by atoms with E-state index in [1.165, 1.54) is 6.42 Å². The number of aromatic nitrogens is 1. The molecule has 1 aromatic carbocycles. The molecule has 25 heavy (non-hydrogen) atoms. The number of fused-ring (bicyclic) bond motifs is 1. The minimum atomic E-state index is -0.240. The van der Waals surface area contributed by atoms with E-state index in [4.69, 9.17) is 4.74 Å². The minimum Gasteiger partial charge on any atom is -0.459 e. The summed E-state index contributed by atoms with van der Waals surface area (Å²) in [5.41, 5.74) is 1.94. The third-order valence-corrected chi connectivity index (χ3v) is 5.27. The van der Waals surface area contributed by atoms with Gasteiger partial charge in [0.05, 0.1) is 5.52 Å². The van der Waals surface area contributed by atoms with Crippen molar-refractivity contribution in [3.05, 3.63) is 48.2 Å². The molecule has 0 spiro atoms. The van der Waals surface area contributed by atoms with Crippen LogP contribution >= 0.6 is 0 Å². The van der Waals surface area contributed by atoms with Crippen LogP contribution in [-0.4, -0.2) is 17.1 Å². The first-order valence-electron chi connectivity index (χ1n) is 9.26. The monoisotopic (exact) mass is 337 g/mol. The first-order valence-corrected chi connectivity index (χ1v) is 9.26. The van der Waals surface area contributed by atoms with Crippen LogP contribution < -0.4 is 0 Å². The van der Waals surface area contributed by atoms with Crippen LogP contribution in [0.2, 0.25) is 0 Å². The summed E-state index contributed by atoms with van der Waals surface area (Å²) in [5.74, 6) is 1.41. The fraction of sp³-hybridized carbons (Fsp3) is 0.455. The van der Waals surface area contributed by atoms with Crippen molar-refractivity contribution in [2.24, 2.45) is 17.8 Å². The predicted molar refractivity (Wildman–Crippen MR) is 102 cm³/mol. The summed E-state index contributed by atoms with van der Waals surface area (Å²) in [6.45, 7) is 6.69. The predicted octanol–water partition coefficient (Wildman–Crippen LogP) is 5.25. The van der Waals surface area contributed by atoms with E-state index in [1.807, 2.05) is 36.4 Å². The maximum Gasteiger partial charge on any atom is 0.331 e. The number of ether oxygens (including phenoxy) is 1. The zero-order valence-corrected chi connectivity index (χ0v) is 15.3. The van der Waals surface area contributed by atoms with E-state index < -0.39 is 0 Å². The van der Waals surface area contributed by atoms with Crippen LogP contribution in [0.1, 0.15) is 45.6 Å². The van der Waals surface area contributed by atoms with Gasteiger partial charge >= 0.3 is 5.97 Å². The SMILES string of the molecule is CC1CCC(C(C)C)C(OC(=O)/C=C/c2ccc3ncccc3c2)C1. The molecule has 1 aromatic heterocycles. The molecule has 1 heterocycles. The summed E-state index contributed by atoms with van der Waals surface area (Å²) in [7, 11) is 0. The topological polar surface area (TPSA) is 39.2 Å². The molecule has 3 atom stereocenters. The molecule has 3 rings (SSSR count). The average molecular weight is 337 g/mol. The van der Waals surface area contributed by atoms with Gasteiger partial charge in [0.15, 0.2) is 0 Å². The van der Waals surface area contributed by atoms with E-state index in [9.17, 15) is 4.79 Å². The van der Waals surface area contributed by atoms with Crippen LogP contribution in [0.5, 0.6) is 0 Å². The Morgan fingerprint density at radius 1 is 1.28 bits per heavy atom. The lowest BCUT2D eigenvalue weighted by Gasteiger charge is -2.36. The molecule has 0 aliphatic heterocycles. The van der Waals surface area contributed by atoms with E-state index in [1.54, 1.807) is 12.3 Å². The number of hydrogen-bond acceptors (Lipinski definition) is 3. The summed E-state index contributed by atoms with van der Waals surface area (Å²) in [6, 6.07) is 9.91. The van der Waals surface area contributed by atoms with Crippen LogP contribution in [0.4, 0.5) is 0 Å². The highest BCUT2D eigenvalue weighted by Gasteiger charge is 2.32. The lowest BCUT2D eigenvalue weighted by atomic mass is 9.75. The molecule has 0 amide bonds. The summed E-state index contributed by atoms with van der Waals surface area (Å²) in [4.78, 5) is 16.6. The van der Waals surface area contributed by atoms with Gasteiger partial charge in [-0.25, -0.2) is 4.79 Å². The number of pyridine rings is 1. The lowest BCUT2D eigenvalue weighted by molar-refractivity contribution is -0.149. The Morgan fingerprint density at radius 3 is 2.92 bits per heavy atom. The summed E-state index contributed by atoms with van der Waals surface area (Å²) < 4.78 is 5.81. The molecule has 0 saturated heterocycles. The van der Waals surface area contributed by atoms with Crippen LogP contribution in [0.3, 0.4) is 0 Å². The van der Waals surface area contributed by atoms with Gasteiger partial charge in [-0.15, -0.1) is 0 Å². The van der Waals surface area contributed by atoms with Crippen LogP contribution in [0.15, 0.2) is 42.6 Å². The zero-order valence-electron chi connectivity index (χ0n) is 15.3. The van der Waals surface area contributed by atoms with Crippen molar-refractivity contribution in [3.8, 4) is 0 Å². The summed E-state index contributed by atoms with van der Waals surface area (Å²) in [6.07, 6.45) is 8.56. The first kappa shape index (κ1) is 17.7. The third kappa shape index (κ3) is 4.47. The maximum absolute atomic E-state index is 12.3. The smallest absolute Gasteiger partial charge is 0.331 e. The van der Waals surface area contributed by atoms with E-state index >= 15 is 0 Å². The second kappa shape index (κ2) is 7.81. The number of rotatable bonds is 4. The van der Waals surface area contributed by atoms with Crippen molar-refractivity contribution < 1.29 is 9.53 Å². The molecule has 1 saturated carbocycles. The molecule has 1 aliphatic rings. The maximum atomic E-state index is 12.3. The van der Waals surface area contributed by atoms with Gasteiger partial charge in [0.1, 0.15) is 6.10 Å². The van der Waals surface area contributed by atoms with E-state index in [0.29, 0.717) is 17.8 Å².